The SMILES string of the molecule is Cc1ccc(NC(=O)c2cc(C)c(C)s2)cc1C(=O)O. The molecule has 0 fully saturated rings. The van der Waals surface area contributed by atoms with Gasteiger partial charge in [0.05, 0.1) is 10.4 Å². The zero-order valence-electron chi connectivity index (χ0n) is 11.5. The van der Waals surface area contributed by atoms with Crippen LogP contribution in [0.15, 0.2) is 24.3 Å². The second-order valence-corrected chi connectivity index (χ2v) is 5.90. The van der Waals surface area contributed by atoms with Gasteiger partial charge in [-0.2, -0.15) is 0 Å². The van der Waals surface area contributed by atoms with Crippen LogP contribution in [0.4, 0.5) is 5.69 Å². The number of carboxylic acid groups (broad SMARTS) is 1. The van der Waals surface area contributed by atoms with E-state index in [1.54, 1.807) is 19.1 Å². The van der Waals surface area contributed by atoms with Crippen LogP contribution in [0.5, 0.6) is 0 Å². The van der Waals surface area contributed by atoms with E-state index in [4.69, 9.17) is 5.11 Å². The number of benzene rings is 1. The monoisotopic (exact) mass is 289 g/mol. The Hall–Kier alpha value is -2.14. The van der Waals surface area contributed by atoms with Crippen LogP contribution >= 0.6 is 11.3 Å². The maximum absolute atomic E-state index is 12.1. The Labute approximate surface area is 121 Å². The third-order valence-electron chi connectivity index (χ3n) is 3.12. The molecule has 0 radical (unpaired) electrons. The number of anilines is 1. The Bertz CT molecular complexity index is 669. The Morgan fingerprint density at radius 1 is 1.10 bits per heavy atom. The number of nitrogens with one attached hydrogen (secondary N) is 1. The summed E-state index contributed by atoms with van der Waals surface area (Å²) >= 11 is 1.43. The first kappa shape index (κ1) is 14.3. The fraction of sp³-hybridized carbons (Fsp3) is 0.200. The average molecular weight is 289 g/mol. The molecular weight excluding hydrogens is 274 g/mol. The molecule has 0 aliphatic carbocycles. The van der Waals surface area contributed by atoms with E-state index in [1.165, 1.54) is 17.4 Å². The number of rotatable bonds is 3. The average Bonchev–Trinajstić information content (AvgIpc) is 2.72. The van der Waals surface area contributed by atoms with Gasteiger partial charge in [-0.3, -0.25) is 4.79 Å². The molecular formula is C15H15NO3S. The minimum absolute atomic E-state index is 0.196. The fourth-order valence-electron chi connectivity index (χ4n) is 1.81. The third kappa shape index (κ3) is 2.88. The second-order valence-electron chi connectivity index (χ2n) is 4.64. The highest BCUT2D eigenvalue weighted by atomic mass is 32.1. The lowest BCUT2D eigenvalue weighted by Crippen LogP contribution is -2.11. The number of aryl methyl sites for hydroxylation is 3. The van der Waals surface area contributed by atoms with Gasteiger partial charge in [-0.05, 0) is 50.1 Å². The Morgan fingerprint density at radius 2 is 1.80 bits per heavy atom. The highest BCUT2D eigenvalue weighted by Crippen LogP contribution is 2.22. The van der Waals surface area contributed by atoms with Crippen LogP contribution < -0.4 is 5.32 Å². The number of amides is 1. The summed E-state index contributed by atoms with van der Waals surface area (Å²) in [6.45, 7) is 5.64. The highest BCUT2D eigenvalue weighted by molar-refractivity contribution is 7.14. The number of hydrogen-bond donors (Lipinski definition) is 2. The van der Waals surface area contributed by atoms with E-state index < -0.39 is 5.97 Å². The lowest BCUT2D eigenvalue weighted by molar-refractivity contribution is 0.0695. The van der Waals surface area contributed by atoms with Gasteiger partial charge < -0.3 is 10.4 Å². The molecule has 2 N–H and O–H groups in total. The second kappa shape index (κ2) is 5.46. The predicted octanol–water partition coefficient (Wildman–Crippen LogP) is 3.62. The van der Waals surface area contributed by atoms with Crippen molar-refractivity contribution in [3.05, 3.63) is 50.7 Å². The Morgan fingerprint density at radius 3 is 2.35 bits per heavy atom. The number of carbonyl (C=O) groups is 2. The van der Waals surface area contributed by atoms with Crippen LogP contribution in [0.3, 0.4) is 0 Å². The van der Waals surface area contributed by atoms with Crippen molar-refractivity contribution in [1.29, 1.82) is 0 Å². The lowest BCUT2D eigenvalue weighted by Gasteiger charge is -2.06. The number of aromatic carboxylic acids is 1. The maximum atomic E-state index is 12.1. The maximum Gasteiger partial charge on any atom is 0.336 e. The summed E-state index contributed by atoms with van der Waals surface area (Å²) in [7, 11) is 0. The van der Waals surface area contributed by atoms with Crippen LogP contribution in [0, 0.1) is 20.8 Å². The molecule has 5 heteroatoms. The van der Waals surface area contributed by atoms with Crippen molar-refractivity contribution >= 4 is 28.9 Å². The molecule has 0 spiro atoms. The van der Waals surface area contributed by atoms with Gasteiger partial charge in [0, 0.05) is 10.6 Å². The van der Waals surface area contributed by atoms with Crippen molar-refractivity contribution in [3.63, 3.8) is 0 Å². The number of carboxylic acids is 1. The van der Waals surface area contributed by atoms with Crippen LogP contribution in [0.1, 0.15) is 36.0 Å². The summed E-state index contributed by atoms with van der Waals surface area (Å²) < 4.78 is 0. The normalized spacial score (nSPS) is 10.3. The molecule has 0 unspecified atom stereocenters. The van der Waals surface area contributed by atoms with Crippen molar-refractivity contribution in [2.45, 2.75) is 20.8 Å². The first-order valence-corrected chi connectivity index (χ1v) is 6.92. The summed E-state index contributed by atoms with van der Waals surface area (Å²) in [6, 6.07) is 6.70. The molecule has 0 aliphatic rings. The molecule has 2 aromatic rings. The van der Waals surface area contributed by atoms with Gasteiger partial charge in [0.15, 0.2) is 0 Å². The molecule has 104 valence electrons. The number of thiophene rings is 1. The van der Waals surface area contributed by atoms with Crippen LogP contribution in [-0.4, -0.2) is 17.0 Å². The van der Waals surface area contributed by atoms with E-state index >= 15 is 0 Å². The van der Waals surface area contributed by atoms with Gasteiger partial charge in [0.1, 0.15) is 0 Å². The van der Waals surface area contributed by atoms with Crippen molar-refractivity contribution < 1.29 is 14.7 Å². The molecule has 1 aromatic heterocycles. The summed E-state index contributed by atoms with van der Waals surface area (Å²) in [6.07, 6.45) is 0. The van der Waals surface area contributed by atoms with E-state index in [0.717, 1.165) is 10.4 Å². The molecule has 1 heterocycles. The third-order valence-corrected chi connectivity index (χ3v) is 4.27. The van der Waals surface area contributed by atoms with E-state index in [1.807, 2.05) is 19.9 Å². The number of carbonyl (C=O) groups excluding carboxylic acids is 1. The molecule has 0 atom stereocenters. The van der Waals surface area contributed by atoms with Gasteiger partial charge in [-0.1, -0.05) is 6.07 Å². The van der Waals surface area contributed by atoms with Crippen molar-refractivity contribution in [1.82, 2.24) is 0 Å². The smallest absolute Gasteiger partial charge is 0.336 e. The summed E-state index contributed by atoms with van der Waals surface area (Å²) in [5.41, 5.74) is 2.43. The standard InChI is InChI=1S/C15H15NO3S/c1-8-4-5-11(7-12(8)15(18)19)16-14(17)13-6-9(2)10(3)20-13/h4-7H,1-3H3,(H,16,17)(H,18,19). The fourth-order valence-corrected chi connectivity index (χ4v) is 2.74. The van der Waals surface area contributed by atoms with Gasteiger partial charge in [0.25, 0.3) is 5.91 Å². The zero-order chi connectivity index (χ0) is 14.9. The largest absolute Gasteiger partial charge is 0.478 e. The first-order chi connectivity index (χ1) is 9.38. The molecule has 0 saturated heterocycles. The predicted molar refractivity (Wildman–Crippen MR) is 79.9 cm³/mol. The van der Waals surface area contributed by atoms with Crippen LogP contribution in [0.2, 0.25) is 0 Å². The summed E-state index contributed by atoms with van der Waals surface area (Å²) in [5, 5.41) is 11.8. The molecule has 0 aliphatic heterocycles. The Balaban J connectivity index is 2.24. The van der Waals surface area contributed by atoms with Crippen molar-refractivity contribution in [2.75, 3.05) is 5.32 Å². The summed E-state index contributed by atoms with van der Waals surface area (Å²) in [4.78, 5) is 24.9. The zero-order valence-corrected chi connectivity index (χ0v) is 12.3. The molecule has 2 rings (SSSR count). The minimum Gasteiger partial charge on any atom is -0.478 e. The van der Waals surface area contributed by atoms with E-state index in [0.29, 0.717) is 16.1 Å². The first-order valence-electron chi connectivity index (χ1n) is 6.11. The van der Waals surface area contributed by atoms with Gasteiger partial charge in [-0.15, -0.1) is 11.3 Å². The van der Waals surface area contributed by atoms with Crippen molar-refractivity contribution in [2.24, 2.45) is 0 Å². The van der Waals surface area contributed by atoms with E-state index in [9.17, 15) is 9.59 Å². The quantitative estimate of drug-likeness (QED) is 0.906. The summed E-state index contributed by atoms with van der Waals surface area (Å²) in [5.74, 6) is -1.21. The molecule has 0 saturated carbocycles. The molecule has 20 heavy (non-hydrogen) atoms. The molecule has 0 bridgehead atoms. The van der Waals surface area contributed by atoms with E-state index in [2.05, 4.69) is 5.32 Å². The lowest BCUT2D eigenvalue weighted by atomic mass is 10.1. The topological polar surface area (TPSA) is 66.4 Å². The van der Waals surface area contributed by atoms with Gasteiger partial charge in [-0.25, -0.2) is 4.79 Å². The van der Waals surface area contributed by atoms with Crippen LogP contribution in [-0.2, 0) is 0 Å². The van der Waals surface area contributed by atoms with Crippen molar-refractivity contribution in [3.8, 4) is 0 Å². The minimum atomic E-state index is -0.999. The van der Waals surface area contributed by atoms with Crippen LogP contribution in [0.25, 0.3) is 0 Å². The molecule has 1 amide bonds. The molecule has 4 nitrogen and oxygen atoms in total. The van der Waals surface area contributed by atoms with Gasteiger partial charge >= 0.3 is 5.97 Å². The van der Waals surface area contributed by atoms with Gasteiger partial charge in [0.2, 0.25) is 0 Å². The van der Waals surface area contributed by atoms with E-state index in [-0.39, 0.29) is 11.5 Å². The Kier molecular flexibility index (Phi) is 3.90. The molecule has 1 aromatic carbocycles. The highest BCUT2D eigenvalue weighted by Gasteiger charge is 2.13. The number of hydrogen-bond acceptors (Lipinski definition) is 3.